The van der Waals surface area contributed by atoms with Crippen molar-refractivity contribution in [2.75, 3.05) is 32.7 Å². The summed E-state index contributed by atoms with van der Waals surface area (Å²) >= 11 is 0. The molecule has 0 unspecified atom stereocenters. The van der Waals surface area contributed by atoms with Crippen LogP contribution in [0.3, 0.4) is 0 Å². The van der Waals surface area contributed by atoms with Crippen LogP contribution in [0.1, 0.15) is 95.3 Å². The topological polar surface area (TPSA) is 84.3 Å². The molecule has 8 rings (SSSR count). The summed E-state index contributed by atoms with van der Waals surface area (Å²) in [5.41, 5.74) is 1.15. The molecule has 2 N–H and O–H groups in total. The zero-order valence-electron chi connectivity index (χ0n) is 29.4. The van der Waals surface area contributed by atoms with Crippen LogP contribution in [0.5, 0.6) is 0 Å². The van der Waals surface area contributed by atoms with Crippen LogP contribution in [-0.2, 0) is 4.79 Å². The number of nitrogens with zero attached hydrogens (tertiary/aromatic N) is 3. The molecule has 6 fully saturated rings. The van der Waals surface area contributed by atoms with Crippen molar-refractivity contribution in [2.24, 2.45) is 40.4 Å². The summed E-state index contributed by atoms with van der Waals surface area (Å²) in [7, 11) is 0. The van der Waals surface area contributed by atoms with Crippen LogP contribution in [0.25, 0.3) is 10.8 Å². The highest BCUT2D eigenvalue weighted by Crippen LogP contribution is 2.68. The van der Waals surface area contributed by atoms with Gasteiger partial charge in [-0.2, -0.15) is 0 Å². The fraction of sp³-hybridized carbons (Fsp3) is 0.707. The largest absolute Gasteiger partial charge is 0.393 e. The van der Waals surface area contributed by atoms with Crippen LogP contribution < -0.4 is 0 Å². The van der Waals surface area contributed by atoms with E-state index in [2.05, 4.69) is 24.8 Å². The molecule has 7 nitrogen and oxygen atoms in total. The third kappa shape index (κ3) is 5.24. The van der Waals surface area contributed by atoms with E-state index in [1.54, 1.807) is 0 Å². The first-order chi connectivity index (χ1) is 23.1. The monoisotopic (exact) mass is 655 g/mol. The van der Waals surface area contributed by atoms with Crippen molar-refractivity contribution in [1.82, 2.24) is 14.7 Å². The van der Waals surface area contributed by atoms with E-state index in [9.17, 15) is 19.8 Å². The van der Waals surface area contributed by atoms with Crippen LogP contribution >= 0.6 is 0 Å². The Morgan fingerprint density at radius 1 is 0.854 bits per heavy atom. The first-order valence-corrected chi connectivity index (χ1v) is 19.3. The van der Waals surface area contributed by atoms with Crippen molar-refractivity contribution in [2.45, 2.75) is 109 Å². The van der Waals surface area contributed by atoms with Gasteiger partial charge < -0.3 is 20.0 Å². The molecule has 11 atom stereocenters. The van der Waals surface area contributed by atoms with Gasteiger partial charge in [0.1, 0.15) is 6.04 Å². The third-order valence-electron chi connectivity index (χ3n) is 15.2. The van der Waals surface area contributed by atoms with E-state index in [-0.39, 0.29) is 40.9 Å². The summed E-state index contributed by atoms with van der Waals surface area (Å²) < 4.78 is 0. The van der Waals surface area contributed by atoms with E-state index in [1.165, 1.54) is 38.5 Å². The first-order valence-electron chi connectivity index (χ1n) is 19.3. The summed E-state index contributed by atoms with van der Waals surface area (Å²) in [5, 5.41) is 24.4. The highest BCUT2D eigenvalue weighted by molar-refractivity contribution is 6.01. The molecule has 2 amide bonds. The summed E-state index contributed by atoms with van der Waals surface area (Å²) in [4.78, 5) is 33.9. The van der Waals surface area contributed by atoms with Crippen molar-refractivity contribution in [3.63, 3.8) is 0 Å². The number of carbonyl (C=O) groups is 2. The lowest BCUT2D eigenvalue weighted by atomic mass is 9.44. The number of fused-ring (bicyclic) bond motifs is 6. The molecular weight excluding hydrogens is 598 g/mol. The normalized spacial score (nSPS) is 40.7. The van der Waals surface area contributed by atoms with Gasteiger partial charge in [-0.25, -0.2) is 0 Å². The Labute approximate surface area is 287 Å². The Morgan fingerprint density at radius 3 is 2.38 bits per heavy atom. The average Bonchev–Trinajstić information content (AvgIpc) is 3.72. The predicted octanol–water partition coefficient (Wildman–Crippen LogP) is 5.97. The molecule has 260 valence electrons. The van der Waals surface area contributed by atoms with Crippen LogP contribution in [0, 0.1) is 40.4 Å². The standard InChI is InChI=1S/C41H57N3O4/c1-26(45)32-14-15-33-31-13-12-30-24-37(46)36(25-41(30,3)34(31)16-17-40(32,33)2)42-19-21-43(22-20-42)39(48)35-9-6-18-44(35)38(47)29-11-10-27-7-4-5-8-28(27)23-29/h4-5,7-8,10-11,23,26,30-37,45-46H,6,9,12-22,24-25H2,1-3H3/t26-,30+,31+,32-,33+,34+,35+,36+,37+,40-,41+/m1/s1. The van der Waals surface area contributed by atoms with E-state index >= 15 is 0 Å². The number of aliphatic hydroxyl groups excluding tert-OH is 2. The molecule has 7 heteroatoms. The van der Waals surface area contributed by atoms with Gasteiger partial charge in [0.25, 0.3) is 5.91 Å². The molecular formula is C41H57N3O4. The zero-order chi connectivity index (χ0) is 33.4. The molecule has 2 aromatic rings. The van der Waals surface area contributed by atoms with E-state index in [0.29, 0.717) is 43.0 Å². The quantitative estimate of drug-likeness (QED) is 0.425. The number of benzene rings is 2. The van der Waals surface area contributed by atoms with Gasteiger partial charge in [-0.1, -0.05) is 44.2 Å². The fourth-order valence-electron chi connectivity index (χ4n) is 12.7. The lowest BCUT2D eigenvalue weighted by Gasteiger charge is -2.63. The van der Waals surface area contributed by atoms with Gasteiger partial charge >= 0.3 is 0 Å². The van der Waals surface area contributed by atoms with Crippen molar-refractivity contribution >= 4 is 22.6 Å². The summed E-state index contributed by atoms with van der Waals surface area (Å²) in [6, 6.07) is 13.7. The van der Waals surface area contributed by atoms with Crippen LogP contribution in [0.4, 0.5) is 0 Å². The molecule has 4 aliphatic carbocycles. The lowest BCUT2D eigenvalue weighted by Crippen LogP contribution is -2.62. The molecule has 0 radical (unpaired) electrons. The van der Waals surface area contributed by atoms with E-state index < -0.39 is 6.04 Å². The van der Waals surface area contributed by atoms with Gasteiger partial charge in [0.05, 0.1) is 12.2 Å². The Balaban J connectivity index is 0.920. The summed E-state index contributed by atoms with van der Waals surface area (Å²) in [6.45, 7) is 10.6. The van der Waals surface area contributed by atoms with Gasteiger partial charge in [-0.3, -0.25) is 14.5 Å². The maximum atomic E-state index is 13.9. The minimum Gasteiger partial charge on any atom is -0.393 e. The Bertz CT molecular complexity index is 1540. The molecule has 0 spiro atoms. The highest BCUT2D eigenvalue weighted by Gasteiger charge is 2.62. The zero-order valence-corrected chi connectivity index (χ0v) is 29.4. The number of rotatable bonds is 4. The van der Waals surface area contributed by atoms with Gasteiger partial charge in [-0.15, -0.1) is 0 Å². The minimum atomic E-state index is -0.393. The molecule has 0 bridgehead atoms. The number of piperazine rings is 1. The minimum absolute atomic E-state index is 0.0452. The smallest absolute Gasteiger partial charge is 0.254 e. The molecule has 0 aromatic heterocycles. The van der Waals surface area contributed by atoms with Crippen LogP contribution in [0.15, 0.2) is 42.5 Å². The van der Waals surface area contributed by atoms with E-state index in [1.807, 2.05) is 53.1 Å². The van der Waals surface area contributed by atoms with E-state index in [4.69, 9.17) is 0 Å². The summed E-state index contributed by atoms with van der Waals surface area (Å²) in [6.07, 6.45) is 10.4. The number of aliphatic hydroxyl groups is 2. The summed E-state index contributed by atoms with van der Waals surface area (Å²) in [5.74, 6) is 3.22. The number of hydrogen-bond acceptors (Lipinski definition) is 5. The Kier molecular flexibility index (Phi) is 8.44. The molecule has 4 saturated carbocycles. The second-order valence-corrected chi connectivity index (χ2v) is 17.3. The van der Waals surface area contributed by atoms with E-state index in [0.717, 1.165) is 61.4 Å². The maximum Gasteiger partial charge on any atom is 0.254 e. The number of carbonyl (C=O) groups excluding carboxylic acids is 2. The first kappa shape index (κ1) is 32.7. The van der Waals surface area contributed by atoms with Gasteiger partial charge in [0.15, 0.2) is 0 Å². The lowest BCUT2D eigenvalue weighted by molar-refractivity contribution is -0.156. The van der Waals surface area contributed by atoms with Crippen molar-refractivity contribution in [3.05, 3.63) is 48.0 Å². The fourth-order valence-corrected chi connectivity index (χ4v) is 12.7. The van der Waals surface area contributed by atoms with Crippen LogP contribution in [0.2, 0.25) is 0 Å². The molecule has 2 heterocycles. The van der Waals surface area contributed by atoms with Gasteiger partial charge in [0.2, 0.25) is 5.91 Å². The van der Waals surface area contributed by atoms with Crippen molar-refractivity contribution in [3.8, 4) is 0 Å². The SMILES string of the molecule is C[C@@H](O)[C@H]1CC[C@H]2[C@@H]3CC[C@H]4C[C@H](O)[C@@H](N5CCN(C(=O)[C@@H]6CCCN6C(=O)c6ccc7ccccc7c6)CC5)C[C@]4(C)[C@H]3CC[C@]12C. The second kappa shape index (κ2) is 12.4. The molecule has 2 aliphatic heterocycles. The molecule has 2 saturated heterocycles. The highest BCUT2D eigenvalue weighted by atomic mass is 16.3. The predicted molar refractivity (Wildman–Crippen MR) is 188 cm³/mol. The van der Waals surface area contributed by atoms with Gasteiger partial charge in [0, 0.05) is 44.3 Å². The van der Waals surface area contributed by atoms with Crippen molar-refractivity contribution < 1.29 is 19.8 Å². The maximum absolute atomic E-state index is 13.9. The number of amides is 2. The number of hydrogen-bond donors (Lipinski definition) is 2. The number of likely N-dealkylation sites (tertiary alicyclic amines) is 1. The molecule has 6 aliphatic rings. The second-order valence-electron chi connectivity index (χ2n) is 17.3. The van der Waals surface area contributed by atoms with Gasteiger partial charge in [-0.05, 0) is 134 Å². The van der Waals surface area contributed by atoms with Crippen LogP contribution in [-0.4, -0.2) is 93.7 Å². The Morgan fingerprint density at radius 2 is 1.60 bits per heavy atom. The van der Waals surface area contributed by atoms with Crippen molar-refractivity contribution in [1.29, 1.82) is 0 Å². The third-order valence-corrected chi connectivity index (χ3v) is 15.2. The average molecular weight is 656 g/mol. The molecule has 2 aromatic carbocycles. The molecule has 48 heavy (non-hydrogen) atoms. The Hall–Kier alpha value is -2.48.